The zero-order valence-electron chi connectivity index (χ0n) is 18.9. The zero-order valence-corrected chi connectivity index (χ0v) is 19.8. The standard InChI is InChI=1S/C27H24O7S/c1-31-27-23(34-25(29)19-13-7-3-8-14-19)22(33-24(28)18-11-5-2-6-12-18)21(17-32-27)35-26(30)20-15-9-4-10-16-20/h2-16,21-23,27H,17H2,1H3. The second kappa shape index (κ2) is 11.8. The lowest BCUT2D eigenvalue weighted by Crippen LogP contribution is -2.56. The number of ether oxygens (including phenoxy) is 4. The summed E-state index contributed by atoms with van der Waals surface area (Å²) in [4.78, 5) is 38.8. The minimum Gasteiger partial charge on any atom is -0.453 e. The van der Waals surface area contributed by atoms with Crippen molar-refractivity contribution in [1.29, 1.82) is 0 Å². The summed E-state index contributed by atoms with van der Waals surface area (Å²) in [7, 11) is 1.41. The van der Waals surface area contributed by atoms with Crippen molar-refractivity contribution in [3.63, 3.8) is 0 Å². The number of rotatable bonds is 7. The fraction of sp³-hybridized carbons (Fsp3) is 0.222. The van der Waals surface area contributed by atoms with Crippen LogP contribution < -0.4 is 0 Å². The van der Waals surface area contributed by atoms with Gasteiger partial charge in [0, 0.05) is 12.7 Å². The van der Waals surface area contributed by atoms with E-state index in [4.69, 9.17) is 18.9 Å². The predicted octanol–water partition coefficient (Wildman–Crippen LogP) is 4.38. The van der Waals surface area contributed by atoms with Crippen LogP contribution in [0, 0.1) is 0 Å². The number of carbonyl (C=O) groups excluding carboxylic acids is 3. The summed E-state index contributed by atoms with van der Waals surface area (Å²) in [6, 6.07) is 25.7. The highest BCUT2D eigenvalue weighted by molar-refractivity contribution is 8.14. The van der Waals surface area contributed by atoms with E-state index in [9.17, 15) is 14.4 Å². The lowest BCUT2D eigenvalue weighted by molar-refractivity contribution is -0.229. The maximum absolute atomic E-state index is 13.0. The van der Waals surface area contributed by atoms with Crippen molar-refractivity contribution in [3.05, 3.63) is 108 Å². The summed E-state index contributed by atoms with van der Waals surface area (Å²) in [6.07, 6.45) is -3.10. The molecule has 7 nitrogen and oxygen atoms in total. The molecule has 8 heteroatoms. The van der Waals surface area contributed by atoms with Crippen molar-refractivity contribution in [3.8, 4) is 0 Å². The first-order chi connectivity index (χ1) is 17.1. The van der Waals surface area contributed by atoms with Crippen molar-refractivity contribution in [2.45, 2.75) is 23.7 Å². The SMILES string of the molecule is COC1OCC(SC(=O)c2ccccc2)C(OC(=O)c2ccccc2)C1OC(=O)c1ccccc1. The van der Waals surface area contributed by atoms with Gasteiger partial charge in [0.15, 0.2) is 18.5 Å². The Balaban J connectivity index is 1.62. The Labute approximate surface area is 207 Å². The van der Waals surface area contributed by atoms with Crippen LogP contribution >= 0.6 is 11.8 Å². The van der Waals surface area contributed by atoms with Crippen LogP contribution in [0.15, 0.2) is 91.0 Å². The van der Waals surface area contributed by atoms with E-state index < -0.39 is 35.7 Å². The molecule has 4 atom stereocenters. The van der Waals surface area contributed by atoms with Gasteiger partial charge in [0.05, 0.1) is 23.0 Å². The molecule has 4 unspecified atom stereocenters. The third-order valence-electron chi connectivity index (χ3n) is 5.39. The van der Waals surface area contributed by atoms with Crippen LogP contribution in [0.25, 0.3) is 0 Å². The highest BCUT2D eigenvalue weighted by atomic mass is 32.2. The van der Waals surface area contributed by atoms with Gasteiger partial charge in [-0.05, 0) is 24.3 Å². The number of carbonyl (C=O) groups is 3. The number of thioether (sulfide) groups is 1. The van der Waals surface area contributed by atoms with Crippen LogP contribution in [0.4, 0.5) is 0 Å². The van der Waals surface area contributed by atoms with Gasteiger partial charge in [-0.15, -0.1) is 0 Å². The van der Waals surface area contributed by atoms with Gasteiger partial charge >= 0.3 is 11.9 Å². The van der Waals surface area contributed by atoms with Crippen LogP contribution in [-0.2, 0) is 18.9 Å². The van der Waals surface area contributed by atoms with E-state index in [1.807, 2.05) is 6.07 Å². The lowest BCUT2D eigenvalue weighted by atomic mass is 10.1. The minimum atomic E-state index is -1.10. The van der Waals surface area contributed by atoms with Gasteiger partial charge in [-0.3, -0.25) is 4.79 Å². The maximum Gasteiger partial charge on any atom is 0.338 e. The topological polar surface area (TPSA) is 88.1 Å². The number of benzene rings is 3. The van der Waals surface area contributed by atoms with Gasteiger partial charge in [0.2, 0.25) is 5.12 Å². The molecule has 0 aliphatic carbocycles. The number of esters is 2. The molecule has 1 saturated heterocycles. The average molecular weight is 493 g/mol. The van der Waals surface area contributed by atoms with Crippen molar-refractivity contribution in [2.24, 2.45) is 0 Å². The van der Waals surface area contributed by atoms with Crippen molar-refractivity contribution in [2.75, 3.05) is 13.7 Å². The van der Waals surface area contributed by atoms with E-state index in [1.54, 1.807) is 84.9 Å². The Hall–Kier alpha value is -3.46. The summed E-state index contributed by atoms with van der Waals surface area (Å²) in [5.74, 6) is -1.23. The minimum absolute atomic E-state index is 0.0495. The molecule has 0 radical (unpaired) electrons. The van der Waals surface area contributed by atoms with Crippen molar-refractivity contribution < 1.29 is 33.3 Å². The second-order valence-electron chi connectivity index (χ2n) is 7.72. The van der Waals surface area contributed by atoms with Gasteiger partial charge < -0.3 is 18.9 Å². The van der Waals surface area contributed by atoms with Gasteiger partial charge in [-0.1, -0.05) is 78.5 Å². The Morgan fingerprint density at radius 2 is 1.17 bits per heavy atom. The predicted molar refractivity (Wildman–Crippen MR) is 130 cm³/mol. The highest BCUT2D eigenvalue weighted by Gasteiger charge is 2.47. The fourth-order valence-corrected chi connectivity index (χ4v) is 4.66. The molecule has 3 aromatic rings. The van der Waals surface area contributed by atoms with Gasteiger partial charge in [0.1, 0.15) is 0 Å². The van der Waals surface area contributed by atoms with Gasteiger partial charge in [0.25, 0.3) is 0 Å². The van der Waals surface area contributed by atoms with E-state index in [0.29, 0.717) is 16.7 Å². The van der Waals surface area contributed by atoms with E-state index >= 15 is 0 Å². The van der Waals surface area contributed by atoms with Crippen LogP contribution in [0.5, 0.6) is 0 Å². The third kappa shape index (κ3) is 6.16. The molecule has 0 bridgehead atoms. The number of hydrogen-bond acceptors (Lipinski definition) is 8. The van der Waals surface area contributed by atoms with Gasteiger partial charge in [-0.25, -0.2) is 9.59 Å². The summed E-state index contributed by atoms with van der Waals surface area (Å²) in [6.45, 7) is 0.0495. The molecule has 180 valence electrons. The largest absolute Gasteiger partial charge is 0.453 e. The normalized spacial score (nSPS) is 21.6. The Morgan fingerprint density at radius 3 is 1.66 bits per heavy atom. The quantitative estimate of drug-likeness (QED) is 0.449. The van der Waals surface area contributed by atoms with E-state index in [2.05, 4.69) is 0 Å². The first-order valence-corrected chi connectivity index (χ1v) is 11.9. The molecule has 0 amide bonds. The summed E-state index contributed by atoms with van der Waals surface area (Å²) >= 11 is 0.970. The Kier molecular flexibility index (Phi) is 8.31. The van der Waals surface area contributed by atoms with Crippen molar-refractivity contribution in [1.82, 2.24) is 0 Å². The molecule has 3 aromatic carbocycles. The van der Waals surface area contributed by atoms with E-state index in [0.717, 1.165) is 11.8 Å². The smallest absolute Gasteiger partial charge is 0.338 e. The monoisotopic (exact) mass is 492 g/mol. The van der Waals surface area contributed by atoms with Crippen LogP contribution in [0.1, 0.15) is 31.1 Å². The molecule has 1 aliphatic rings. The highest BCUT2D eigenvalue weighted by Crippen LogP contribution is 2.32. The molecule has 1 fully saturated rings. The second-order valence-corrected chi connectivity index (χ2v) is 8.93. The number of methoxy groups -OCH3 is 1. The molecule has 35 heavy (non-hydrogen) atoms. The maximum atomic E-state index is 13.0. The molecule has 1 aliphatic heterocycles. The molecule has 0 N–H and O–H groups in total. The molecule has 0 spiro atoms. The van der Waals surface area contributed by atoms with Crippen molar-refractivity contribution >= 4 is 28.8 Å². The van der Waals surface area contributed by atoms with Gasteiger partial charge in [-0.2, -0.15) is 0 Å². The molecular formula is C27H24O7S. The summed E-state index contributed by atoms with van der Waals surface area (Å²) < 4.78 is 22.8. The molecule has 4 rings (SSSR count). The fourth-order valence-electron chi connectivity index (χ4n) is 3.63. The molecular weight excluding hydrogens is 468 g/mol. The van der Waals surface area contributed by atoms with Crippen LogP contribution in [0.3, 0.4) is 0 Å². The first-order valence-electron chi connectivity index (χ1n) is 11.0. The molecule has 0 saturated carbocycles. The van der Waals surface area contributed by atoms with E-state index in [-0.39, 0.29) is 11.7 Å². The third-order valence-corrected chi connectivity index (χ3v) is 6.55. The Bertz CT molecular complexity index is 1140. The summed E-state index contributed by atoms with van der Waals surface area (Å²) in [5, 5.41) is -0.862. The Morgan fingerprint density at radius 1 is 0.714 bits per heavy atom. The van der Waals surface area contributed by atoms with Crippen LogP contribution in [0.2, 0.25) is 0 Å². The van der Waals surface area contributed by atoms with Crippen LogP contribution in [-0.4, -0.2) is 54.5 Å². The average Bonchev–Trinajstić information content (AvgIpc) is 2.91. The summed E-state index contributed by atoms with van der Waals surface area (Å²) in [5.41, 5.74) is 1.15. The zero-order chi connectivity index (χ0) is 24.6. The molecule has 0 aromatic heterocycles. The number of hydrogen-bond donors (Lipinski definition) is 0. The van der Waals surface area contributed by atoms with E-state index in [1.165, 1.54) is 7.11 Å². The molecule has 1 heterocycles. The lowest BCUT2D eigenvalue weighted by Gasteiger charge is -2.40. The first kappa shape index (κ1) is 24.7.